The molecule has 0 atom stereocenters. The van der Waals surface area contributed by atoms with Crippen molar-refractivity contribution in [3.63, 3.8) is 0 Å². The number of hydrogen-bond donors (Lipinski definition) is 1. The van der Waals surface area contributed by atoms with Crippen LogP contribution in [0.2, 0.25) is 0 Å². The molecule has 0 saturated heterocycles. The summed E-state index contributed by atoms with van der Waals surface area (Å²) in [6, 6.07) is 0. The average Bonchev–Trinajstić information content (AvgIpc) is 1.21. The summed E-state index contributed by atoms with van der Waals surface area (Å²) >= 11 is 0. The predicted octanol–water partition coefficient (Wildman–Crippen LogP) is 0.0467. The van der Waals surface area contributed by atoms with Gasteiger partial charge in [-0.15, -0.1) is 13.2 Å². The molecule has 52 valence electrons. The summed E-state index contributed by atoms with van der Waals surface area (Å²) in [5, 5.41) is 0. The maximum Gasteiger partial charge on any atom is 0.537 e. The van der Waals surface area contributed by atoms with E-state index in [0.29, 0.717) is 0 Å². The summed E-state index contributed by atoms with van der Waals surface area (Å²) in [5.74, 6) is 0. The van der Waals surface area contributed by atoms with Crippen molar-refractivity contribution in [3.05, 3.63) is 0 Å². The molecule has 0 amide bonds. The molecule has 0 unspecified atom stereocenters. The Balaban J connectivity index is 0. The third kappa shape index (κ3) is 11.7. The zero-order valence-electron chi connectivity index (χ0n) is 4.01. The first-order chi connectivity index (χ1) is 3.42. The van der Waals surface area contributed by atoms with Crippen LogP contribution >= 0.6 is 0 Å². The summed E-state index contributed by atoms with van der Waals surface area (Å²) < 4.78 is 52.7. The van der Waals surface area contributed by atoms with E-state index < -0.39 is 17.3 Å². The SMILES string of the molecule is O=[SH](=O)OC(F)(F)F.[Zn]. The number of hydrogen-bond acceptors (Lipinski definition) is 3. The van der Waals surface area contributed by atoms with Crippen LogP contribution in [0, 0.1) is 0 Å². The van der Waals surface area contributed by atoms with Crippen LogP contribution in [0.1, 0.15) is 0 Å². The van der Waals surface area contributed by atoms with Crippen molar-refractivity contribution in [2.75, 3.05) is 0 Å². The smallest absolute Gasteiger partial charge is 0.202 e. The molecule has 0 heterocycles. The Morgan fingerprint density at radius 1 is 1.22 bits per heavy atom. The van der Waals surface area contributed by atoms with E-state index in [-0.39, 0.29) is 19.5 Å². The van der Waals surface area contributed by atoms with Gasteiger partial charge in [-0.2, -0.15) is 4.18 Å². The van der Waals surface area contributed by atoms with Crippen LogP contribution in [-0.2, 0) is 34.6 Å². The molecule has 0 N–H and O–H groups in total. The molecule has 9 heavy (non-hydrogen) atoms. The number of halogens is 3. The molecule has 3 nitrogen and oxygen atoms in total. The summed E-state index contributed by atoms with van der Waals surface area (Å²) in [6.45, 7) is 0. The standard InChI is InChI=1S/CHF3O3S.Zn/c2-1(3,4)7-8(5)6;/h8H;. The van der Waals surface area contributed by atoms with E-state index in [1.165, 1.54) is 0 Å². The molecule has 8 heteroatoms. The Kier molecular flexibility index (Phi) is 5.61. The molecule has 0 aromatic rings. The van der Waals surface area contributed by atoms with E-state index >= 15 is 0 Å². The molecule has 0 radical (unpaired) electrons. The van der Waals surface area contributed by atoms with Crippen molar-refractivity contribution in [2.24, 2.45) is 0 Å². The van der Waals surface area contributed by atoms with Gasteiger partial charge in [0.1, 0.15) is 0 Å². The average molecular weight is 215 g/mol. The van der Waals surface area contributed by atoms with Crippen molar-refractivity contribution < 1.29 is 45.3 Å². The Labute approximate surface area is 63.1 Å². The molecule has 0 aromatic carbocycles. The number of thiol groups is 1. The minimum Gasteiger partial charge on any atom is -0.202 e. The van der Waals surface area contributed by atoms with E-state index in [4.69, 9.17) is 8.42 Å². The van der Waals surface area contributed by atoms with Gasteiger partial charge in [0.25, 0.3) is 11.0 Å². The first-order valence-corrected chi connectivity index (χ1v) is 2.41. The number of rotatable bonds is 1. The molecule has 0 aliphatic heterocycles. The predicted molar refractivity (Wildman–Crippen MR) is 17.5 cm³/mol. The van der Waals surface area contributed by atoms with Gasteiger partial charge >= 0.3 is 6.36 Å². The normalized spacial score (nSPS) is 11.1. The maximum atomic E-state index is 10.7. The van der Waals surface area contributed by atoms with E-state index in [1.807, 2.05) is 0 Å². The van der Waals surface area contributed by atoms with Crippen LogP contribution in [0.4, 0.5) is 13.2 Å². The van der Waals surface area contributed by atoms with Crippen molar-refractivity contribution in [1.82, 2.24) is 0 Å². The topological polar surface area (TPSA) is 43.4 Å². The summed E-state index contributed by atoms with van der Waals surface area (Å²) in [4.78, 5) is 0. The molecule has 0 aliphatic rings. The zero-order chi connectivity index (χ0) is 6.78. The van der Waals surface area contributed by atoms with Crippen molar-refractivity contribution in [3.8, 4) is 0 Å². The Bertz CT molecular complexity index is 130. The Morgan fingerprint density at radius 2 is 1.56 bits per heavy atom. The van der Waals surface area contributed by atoms with Crippen LogP contribution in [0.3, 0.4) is 0 Å². The van der Waals surface area contributed by atoms with Gasteiger partial charge in [0.15, 0.2) is 0 Å². The third-order valence-corrected chi connectivity index (χ3v) is 0.534. The van der Waals surface area contributed by atoms with Crippen LogP contribution in [0.15, 0.2) is 0 Å². The van der Waals surface area contributed by atoms with Crippen molar-refractivity contribution >= 4 is 11.0 Å². The van der Waals surface area contributed by atoms with Gasteiger partial charge in [-0.1, -0.05) is 0 Å². The second-order valence-corrected chi connectivity index (χ2v) is 1.39. The van der Waals surface area contributed by atoms with Crippen molar-refractivity contribution in [2.45, 2.75) is 6.36 Å². The van der Waals surface area contributed by atoms with Crippen LogP contribution in [-0.4, -0.2) is 14.8 Å². The van der Waals surface area contributed by atoms with Crippen LogP contribution < -0.4 is 0 Å². The van der Waals surface area contributed by atoms with E-state index in [2.05, 4.69) is 4.18 Å². The molecule has 0 rings (SSSR count). The van der Waals surface area contributed by atoms with Gasteiger partial charge in [0, 0.05) is 19.5 Å². The second-order valence-electron chi connectivity index (χ2n) is 0.761. The summed E-state index contributed by atoms with van der Waals surface area (Å²) in [7, 11) is -3.81. The first-order valence-electron chi connectivity index (χ1n) is 1.32. The first kappa shape index (κ1) is 12.0. The van der Waals surface area contributed by atoms with Crippen LogP contribution in [0.25, 0.3) is 0 Å². The van der Waals surface area contributed by atoms with Gasteiger partial charge in [-0.05, 0) is 0 Å². The zero-order valence-corrected chi connectivity index (χ0v) is 7.87. The molecular formula is CHF3O3SZn. The van der Waals surface area contributed by atoms with Crippen molar-refractivity contribution in [1.29, 1.82) is 0 Å². The molecule has 0 aliphatic carbocycles. The second kappa shape index (κ2) is 4.19. The molecule has 0 bridgehead atoms. The van der Waals surface area contributed by atoms with E-state index in [1.54, 1.807) is 0 Å². The van der Waals surface area contributed by atoms with E-state index in [0.717, 1.165) is 0 Å². The molecule has 0 spiro atoms. The minimum atomic E-state index is -5.07. The third-order valence-electron chi connectivity index (χ3n) is 0.178. The molecular weight excluding hydrogens is 214 g/mol. The number of alkyl halides is 3. The van der Waals surface area contributed by atoms with Gasteiger partial charge in [-0.3, -0.25) is 0 Å². The van der Waals surface area contributed by atoms with Gasteiger partial charge in [0.2, 0.25) is 0 Å². The Morgan fingerprint density at radius 3 is 1.56 bits per heavy atom. The summed E-state index contributed by atoms with van der Waals surface area (Å²) in [5.41, 5.74) is 0. The monoisotopic (exact) mass is 214 g/mol. The van der Waals surface area contributed by atoms with Gasteiger partial charge in [-0.25, -0.2) is 8.42 Å². The minimum absolute atomic E-state index is 0. The van der Waals surface area contributed by atoms with Gasteiger partial charge < -0.3 is 0 Å². The van der Waals surface area contributed by atoms with Gasteiger partial charge in [0.05, 0.1) is 0 Å². The molecule has 0 fully saturated rings. The van der Waals surface area contributed by atoms with E-state index in [9.17, 15) is 13.2 Å². The molecule has 0 saturated carbocycles. The molecule has 0 aromatic heterocycles. The fourth-order valence-electron chi connectivity index (χ4n) is 0.0845. The quantitative estimate of drug-likeness (QED) is 0.496. The summed E-state index contributed by atoms with van der Waals surface area (Å²) in [6.07, 6.45) is -5.07. The fourth-order valence-corrected chi connectivity index (χ4v) is 0.254. The fraction of sp³-hybridized carbons (Fsp3) is 1.00. The van der Waals surface area contributed by atoms with Crippen LogP contribution in [0.5, 0.6) is 0 Å². The Hall–Kier alpha value is 0.323. The largest absolute Gasteiger partial charge is 0.537 e. The maximum absolute atomic E-state index is 10.7.